The first-order chi connectivity index (χ1) is 14.5. The summed E-state index contributed by atoms with van der Waals surface area (Å²) < 4.78 is 0. The maximum Gasteiger partial charge on any atom is 0.226 e. The van der Waals surface area contributed by atoms with Crippen LogP contribution in [0.1, 0.15) is 49.4 Å². The first kappa shape index (κ1) is 19.5. The van der Waals surface area contributed by atoms with Gasteiger partial charge in [-0.15, -0.1) is 0 Å². The molecular formula is C24H30N4O2. The lowest BCUT2D eigenvalue weighted by Crippen LogP contribution is -2.46. The Morgan fingerprint density at radius 3 is 2.80 bits per heavy atom. The molecule has 6 heteroatoms. The van der Waals surface area contributed by atoms with E-state index < -0.39 is 0 Å². The smallest absolute Gasteiger partial charge is 0.226 e. The van der Waals surface area contributed by atoms with Crippen LogP contribution in [0.4, 0.5) is 5.95 Å². The molecule has 2 aliphatic heterocycles. The fourth-order valence-electron chi connectivity index (χ4n) is 5.21. The molecule has 5 rings (SSSR count). The summed E-state index contributed by atoms with van der Waals surface area (Å²) in [5.74, 6) is 1.18. The van der Waals surface area contributed by atoms with Gasteiger partial charge in [0.1, 0.15) is 0 Å². The van der Waals surface area contributed by atoms with Crippen molar-refractivity contribution in [2.75, 3.05) is 31.1 Å². The zero-order chi connectivity index (χ0) is 20.8. The van der Waals surface area contributed by atoms with Crippen LogP contribution in [0.25, 0.3) is 11.3 Å². The van der Waals surface area contributed by atoms with E-state index in [4.69, 9.17) is 9.97 Å². The van der Waals surface area contributed by atoms with E-state index in [0.717, 1.165) is 43.0 Å². The number of benzene rings is 1. The highest BCUT2D eigenvalue weighted by molar-refractivity contribution is 5.74. The van der Waals surface area contributed by atoms with Crippen LogP contribution in [0.2, 0.25) is 0 Å². The van der Waals surface area contributed by atoms with Gasteiger partial charge in [0.15, 0.2) is 0 Å². The minimum Gasteiger partial charge on any atom is -0.396 e. The van der Waals surface area contributed by atoms with Gasteiger partial charge in [-0.05, 0) is 44.2 Å². The van der Waals surface area contributed by atoms with Gasteiger partial charge in [-0.25, -0.2) is 9.97 Å². The van der Waals surface area contributed by atoms with Crippen molar-refractivity contribution in [2.24, 2.45) is 5.92 Å². The lowest BCUT2D eigenvalue weighted by molar-refractivity contribution is -0.128. The van der Waals surface area contributed by atoms with Gasteiger partial charge in [0.25, 0.3) is 0 Å². The van der Waals surface area contributed by atoms with Gasteiger partial charge in [0.05, 0.1) is 5.69 Å². The van der Waals surface area contributed by atoms with E-state index in [2.05, 4.69) is 36.1 Å². The van der Waals surface area contributed by atoms with Crippen LogP contribution in [0.3, 0.4) is 0 Å². The van der Waals surface area contributed by atoms with Crippen LogP contribution < -0.4 is 4.90 Å². The Kier molecular flexibility index (Phi) is 4.97. The van der Waals surface area contributed by atoms with E-state index in [0.29, 0.717) is 19.1 Å². The van der Waals surface area contributed by atoms with Crippen molar-refractivity contribution < 1.29 is 9.90 Å². The molecular weight excluding hydrogens is 376 g/mol. The number of rotatable bonds is 4. The molecule has 2 saturated heterocycles. The molecule has 3 heterocycles. The molecule has 0 bridgehead atoms. The second kappa shape index (κ2) is 7.65. The number of aromatic nitrogens is 2. The Bertz CT molecular complexity index is 976. The minimum atomic E-state index is 0.0778. The molecule has 2 aromatic rings. The maximum atomic E-state index is 11.9. The number of aryl methyl sites for hydroxylation is 1. The lowest BCUT2D eigenvalue weighted by Gasteiger charge is -2.39. The molecule has 158 valence electrons. The Morgan fingerprint density at radius 1 is 1.23 bits per heavy atom. The summed E-state index contributed by atoms with van der Waals surface area (Å²) in [6.45, 7) is 6.26. The van der Waals surface area contributed by atoms with Crippen molar-refractivity contribution in [3.63, 3.8) is 0 Å². The molecule has 0 unspecified atom stereocenters. The number of hydrogen-bond donors (Lipinski definition) is 1. The lowest BCUT2D eigenvalue weighted by atomic mass is 9.88. The molecule has 6 nitrogen and oxygen atoms in total. The van der Waals surface area contributed by atoms with Crippen LogP contribution in [0, 0.1) is 5.92 Å². The quantitative estimate of drug-likeness (QED) is 0.846. The normalized spacial score (nSPS) is 25.4. The molecule has 3 aliphatic rings. The standard InChI is InChI=1S/C24H30N4O2/c1-15-9-10-28(15)24-25-22-8-4-7-20(22)23(26-24)18-6-3-5-17(11-18)21-13-27(16(2)30)12-19(21)14-29/h3,5-6,11,15,19,21,29H,4,7-10,12-14H2,1-2H3/t15-,19+,21+/m0/s1. The number of likely N-dealkylation sites (tertiary alicyclic amines) is 1. The van der Waals surface area contributed by atoms with Crippen LogP contribution >= 0.6 is 0 Å². The highest BCUT2D eigenvalue weighted by Crippen LogP contribution is 2.37. The predicted octanol–water partition coefficient (Wildman–Crippen LogP) is 2.79. The molecule has 1 amide bonds. The summed E-state index contributed by atoms with van der Waals surface area (Å²) in [6.07, 6.45) is 4.40. The Labute approximate surface area is 177 Å². The molecule has 0 radical (unpaired) electrons. The average Bonchev–Trinajstić information content (AvgIpc) is 3.39. The summed E-state index contributed by atoms with van der Waals surface area (Å²) in [5.41, 5.74) is 5.87. The van der Waals surface area contributed by atoms with Gasteiger partial charge < -0.3 is 14.9 Å². The Balaban J connectivity index is 1.52. The van der Waals surface area contributed by atoms with Crippen molar-refractivity contribution in [3.05, 3.63) is 41.1 Å². The molecule has 1 N–H and O–H groups in total. The SMILES string of the molecule is CC(=O)N1C[C@H](CO)[C@@H](c2cccc(-c3nc(N4CC[C@@H]4C)nc4c3CCC4)c2)C1. The number of amides is 1. The number of nitrogens with zero attached hydrogens (tertiary/aromatic N) is 4. The molecule has 0 saturated carbocycles. The first-order valence-corrected chi connectivity index (χ1v) is 11.2. The monoisotopic (exact) mass is 406 g/mol. The third-order valence-electron chi connectivity index (χ3n) is 7.21. The molecule has 1 aliphatic carbocycles. The number of aliphatic hydroxyl groups excluding tert-OH is 1. The zero-order valence-electron chi connectivity index (χ0n) is 17.8. The van der Waals surface area contributed by atoms with Gasteiger partial charge in [-0.3, -0.25) is 4.79 Å². The second-order valence-corrected chi connectivity index (χ2v) is 9.08. The van der Waals surface area contributed by atoms with Gasteiger partial charge in [-0.2, -0.15) is 0 Å². The maximum absolute atomic E-state index is 11.9. The predicted molar refractivity (Wildman–Crippen MR) is 116 cm³/mol. The van der Waals surface area contributed by atoms with Crippen molar-refractivity contribution >= 4 is 11.9 Å². The second-order valence-electron chi connectivity index (χ2n) is 9.08. The molecule has 30 heavy (non-hydrogen) atoms. The number of anilines is 1. The van der Waals surface area contributed by atoms with Crippen molar-refractivity contribution in [1.29, 1.82) is 0 Å². The molecule has 1 aromatic heterocycles. The minimum absolute atomic E-state index is 0.0778. The Hall–Kier alpha value is -2.47. The number of hydrogen-bond acceptors (Lipinski definition) is 5. The number of carbonyl (C=O) groups excluding carboxylic acids is 1. The highest BCUT2D eigenvalue weighted by atomic mass is 16.3. The molecule has 3 atom stereocenters. The van der Waals surface area contributed by atoms with Crippen LogP contribution in [0.5, 0.6) is 0 Å². The number of carbonyl (C=O) groups is 1. The topological polar surface area (TPSA) is 69.6 Å². The first-order valence-electron chi connectivity index (χ1n) is 11.2. The van der Waals surface area contributed by atoms with Crippen molar-refractivity contribution in [3.8, 4) is 11.3 Å². The Morgan fingerprint density at radius 2 is 2.10 bits per heavy atom. The van der Waals surface area contributed by atoms with Gasteiger partial charge in [0.2, 0.25) is 11.9 Å². The van der Waals surface area contributed by atoms with E-state index in [1.165, 1.54) is 23.2 Å². The summed E-state index contributed by atoms with van der Waals surface area (Å²) in [5, 5.41) is 9.90. The van der Waals surface area contributed by atoms with E-state index in [9.17, 15) is 9.90 Å². The highest BCUT2D eigenvalue weighted by Gasteiger charge is 2.35. The fourth-order valence-corrected chi connectivity index (χ4v) is 5.21. The van der Waals surface area contributed by atoms with Crippen LogP contribution in [0.15, 0.2) is 24.3 Å². The molecule has 2 fully saturated rings. The van der Waals surface area contributed by atoms with Crippen LogP contribution in [-0.4, -0.2) is 58.2 Å². The van der Waals surface area contributed by atoms with Gasteiger partial charge in [0, 0.05) is 67.9 Å². The average molecular weight is 407 g/mol. The number of fused-ring (bicyclic) bond motifs is 1. The van der Waals surface area contributed by atoms with E-state index >= 15 is 0 Å². The molecule has 0 spiro atoms. The van der Waals surface area contributed by atoms with E-state index in [-0.39, 0.29) is 24.3 Å². The summed E-state index contributed by atoms with van der Waals surface area (Å²) in [7, 11) is 0. The van der Waals surface area contributed by atoms with Crippen molar-refractivity contribution in [2.45, 2.75) is 51.5 Å². The summed E-state index contributed by atoms with van der Waals surface area (Å²) >= 11 is 0. The zero-order valence-corrected chi connectivity index (χ0v) is 17.8. The molecule has 1 aromatic carbocycles. The largest absolute Gasteiger partial charge is 0.396 e. The third kappa shape index (κ3) is 3.27. The fraction of sp³-hybridized carbons (Fsp3) is 0.542. The van der Waals surface area contributed by atoms with Gasteiger partial charge >= 0.3 is 0 Å². The van der Waals surface area contributed by atoms with Crippen LogP contribution in [-0.2, 0) is 17.6 Å². The summed E-state index contributed by atoms with van der Waals surface area (Å²) in [6, 6.07) is 9.08. The number of aliphatic hydroxyl groups is 1. The van der Waals surface area contributed by atoms with Gasteiger partial charge in [-0.1, -0.05) is 18.2 Å². The van der Waals surface area contributed by atoms with E-state index in [1.54, 1.807) is 6.92 Å². The summed E-state index contributed by atoms with van der Waals surface area (Å²) in [4.78, 5) is 26.0. The van der Waals surface area contributed by atoms with E-state index in [1.807, 2.05) is 4.90 Å². The third-order valence-corrected chi connectivity index (χ3v) is 7.21. The van der Waals surface area contributed by atoms with Crippen molar-refractivity contribution in [1.82, 2.24) is 14.9 Å².